The first-order valence-electron chi connectivity index (χ1n) is 9.34. The van der Waals surface area contributed by atoms with Gasteiger partial charge in [0.2, 0.25) is 5.91 Å². The number of hydrogen-bond donors (Lipinski definition) is 4. The predicted octanol–water partition coefficient (Wildman–Crippen LogP) is 0.215. The minimum atomic E-state index is -1.54. The number of nitrogens with two attached hydrogens (primary N) is 1. The first-order valence-corrected chi connectivity index (χ1v) is 9.34. The molecule has 0 radical (unpaired) electrons. The van der Waals surface area contributed by atoms with Gasteiger partial charge in [0.05, 0.1) is 30.6 Å². The van der Waals surface area contributed by atoms with E-state index in [2.05, 4.69) is 20.4 Å². The van der Waals surface area contributed by atoms with E-state index in [1.54, 1.807) is 42.6 Å². The van der Waals surface area contributed by atoms with Gasteiger partial charge in [-0.2, -0.15) is 14.8 Å². The van der Waals surface area contributed by atoms with E-state index in [0.717, 1.165) is 5.56 Å². The van der Waals surface area contributed by atoms with Crippen molar-refractivity contribution >= 4 is 35.2 Å². The molecule has 5 N–H and O–H groups in total. The number of nitrogens with zero attached hydrogens (tertiary/aromatic N) is 4. The molecular formula is C20H19BN6O4. The number of ether oxygens (including phenoxy) is 1. The lowest BCUT2D eigenvalue weighted by atomic mass is 9.80. The zero-order chi connectivity index (χ0) is 22.0. The fraction of sp³-hybridized carbons (Fsp3) is 0.100. The third-order valence-electron chi connectivity index (χ3n) is 4.74. The quantitative estimate of drug-likeness (QED) is 0.312. The second-order valence-electron chi connectivity index (χ2n) is 6.72. The monoisotopic (exact) mass is 418 g/mol. The molecule has 2 aromatic heterocycles. The van der Waals surface area contributed by atoms with Gasteiger partial charge >= 0.3 is 7.12 Å². The Hall–Kier alpha value is -3.96. The summed E-state index contributed by atoms with van der Waals surface area (Å²) in [7, 11) is -0.0344. The van der Waals surface area contributed by atoms with Crippen molar-refractivity contribution in [2.75, 3.05) is 12.4 Å². The average molecular weight is 418 g/mol. The van der Waals surface area contributed by atoms with Gasteiger partial charge in [-0.3, -0.25) is 4.79 Å². The zero-order valence-electron chi connectivity index (χ0n) is 16.6. The summed E-state index contributed by atoms with van der Waals surface area (Å²) in [5, 5.41) is 26.8. The van der Waals surface area contributed by atoms with Crippen molar-refractivity contribution in [1.82, 2.24) is 19.7 Å². The molecule has 11 heteroatoms. The van der Waals surface area contributed by atoms with E-state index in [9.17, 15) is 14.8 Å². The highest BCUT2D eigenvalue weighted by Crippen LogP contribution is 2.25. The van der Waals surface area contributed by atoms with Crippen molar-refractivity contribution in [2.24, 2.45) is 5.73 Å². The molecule has 0 aliphatic carbocycles. The van der Waals surface area contributed by atoms with Crippen LogP contribution in [-0.4, -0.2) is 49.9 Å². The molecule has 0 aliphatic heterocycles. The Kier molecular flexibility index (Phi) is 5.52. The molecule has 1 amide bonds. The number of carbonyl (C=O) groups excluding carboxylic acids is 1. The van der Waals surface area contributed by atoms with Crippen molar-refractivity contribution in [3.8, 4) is 11.7 Å². The van der Waals surface area contributed by atoms with E-state index in [4.69, 9.17) is 10.5 Å². The van der Waals surface area contributed by atoms with Crippen LogP contribution in [0.5, 0.6) is 5.75 Å². The van der Waals surface area contributed by atoms with Crippen molar-refractivity contribution < 1.29 is 19.6 Å². The second kappa shape index (κ2) is 8.42. The number of fused-ring (bicyclic) bond motifs is 1. The molecule has 4 rings (SSSR count). The molecule has 0 saturated heterocycles. The first kappa shape index (κ1) is 20.3. The second-order valence-corrected chi connectivity index (χ2v) is 6.72. The molecule has 156 valence electrons. The Morgan fingerprint density at radius 1 is 1.23 bits per heavy atom. The van der Waals surface area contributed by atoms with Crippen LogP contribution in [0.25, 0.3) is 16.9 Å². The van der Waals surface area contributed by atoms with Gasteiger partial charge in [-0.05, 0) is 23.2 Å². The third kappa shape index (κ3) is 4.04. The maximum absolute atomic E-state index is 11.7. The minimum absolute atomic E-state index is 0.277. The van der Waals surface area contributed by atoms with E-state index in [1.807, 2.05) is 6.07 Å². The van der Waals surface area contributed by atoms with E-state index in [1.165, 1.54) is 18.0 Å². The SMILES string of the molecule is COc1cnc(-n2ncc3c(C(N)=O)cccc32)nc1NCc1cccc(B(O)O)c1. The molecule has 4 aromatic rings. The number of benzene rings is 2. The van der Waals surface area contributed by atoms with E-state index in [-0.39, 0.29) is 5.95 Å². The summed E-state index contributed by atoms with van der Waals surface area (Å²) in [5.41, 5.74) is 7.66. The number of carbonyl (C=O) groups is 1. The number of aromatic nitrogens is 4. The van der Waals surface area contributed by atoms with Crippen molar-refractivity contribution in [1.29, 1.82) is 0 Å². The van der Waals surface area contributed by atoms with Crippen molar-refractivity contribution in [3.63, 3.8) is 0 Å². The fourth-order valence-corrected chi connectivity index (χ4v) is 3.21. The third-order valence-corrected chi connectivity index (χ3v) is 4.74. The Morgan fingerprint density at radius 3 is 2.77 bits per heavy atom. The number of primary amides is 1. The van der Waals surface area contributed by atoms with Gasteiger partial charge in [0.1, 0.15) is 0 Å². The highest BCUT2D eigenvalue weighted by molar-refractivity contribution is 6.58. The topological polar surface area (TPSA) is 148 Å². The van der Waals surface area contributed by atoms with Crippen LogP contribution in [0.2, 0.25) is 0 Å². The smallest absolute Gasteiger partial charge is 0.488 e. The maximum Gasteiger partial charge on any atom is 0.488 e. The van der Waals surface area contributed by atoms with E-state index >= 15 is 0 Å². The maximum atomic E-state index is 11.7. The molecule has 2 heterocycles. The van der Waals surface area contributed by atoms with Gasteiger partial charge in [-0.15, -0.1) is 0 Å². The van der Waals surface area contributed by atoms with Gasteiger partial charge in [0.15, 0.2) is 11.6 Å². The molecule has 31 heavy (non-hydrogen) atoms. The highest BCUT2D eigenvalue weighted by atomic mass is 16.5. The van der Waals surface area contributed by atoms with Crippen LogP contribution in [0.15, 0.2) is 54.9 Å². The van der Waals surface area contributed by atoms with Crippen molar-refractivity contribution in [3.05, 3.63) is 66.0 Å². The number of hydrogen-bond acceptors (Lipinski definition) is 8. The number of amides is 1. The van der Waals surface area contributed by atoms with Crippen molar-refractivity contribution in [2.45, 2.75) is 6.54 Å². The van der Waals surface area contributed by atoms with Crippen LogP contribution in [0.1, 0.15) is 15.9 Å². The van der Waals surface area contributed by atoms with Crippen LogP contribution in [0, 0.1) is 0 Å². The number of anilines is 1. The molecule has 10 nitrogen and oxygen atoms in total. The minimum Gasteiger partial charge on any atom is -0.491 e. The predicted molar refractivity (Wildman–Crippen MR) is 115 cm³/mol. The van der Waals surface area contributed by atoms with Crippen LogP contribution in [0.3, 0.4) is 0 Å². The molecule has 0 atom stereocenters. The summed E-state index contributed by atoms with van der Waals surface area (Å²) in [6.07, 6.45) is 3.06. The molecule has 0 spiro atoms. The van der Waals surface area contributed by atoms with Crippen LogP contribution in [0.4, 0.5) is 5.82 Å². The number of rotatable bonds is 7. The molecule has 0 fully saturated rings. The molecule has 0 aliphatic rings. The lowest BCUT2D eigenvalue weighted by molar-refractivity contribution is 0.100. The Bertz CT molecular complexity index is 1260. The Morgan fingerprint density at radius 2 is 2.03 bits per heavy atom. The molecular weight excluding hydrogens is 399 g/mol. The Balaban J connectivity index is 1.67. The van der Waals surface area contributed by atoms with Gasteiger partial charge in [-0.1, -0.05) is 30.3 Å². The van der Waals surface area contributed by atoms with Gasteiger partial charge in [0, 0.05) is 11.9 Å². The summed E-state index contributed by atoms with van der Waals surface area (Å²) < 4.78 is 6.86. The fourth-order valence-electron chi connectivity index (χ4n) is 3.21. The molecule has 0 saturated carbocycles. The van der Waals surface area contributed by atoms with Gasteiger partial charge in [-0.25, -0.2) is 4.98 Å². The molecule has 0 unspecified atom stereocenters. The lowest BCUT2D eigenvalue weighted by Gasteiger charge is -2.12. The van der Waals surface area contributed by atoms with Gasteiger partial charge < -0.3 is 25.8 Å². The summed E-state index contributed by atoms with van der Waals surface area (Å²) in [6, 6.07) is 12.0. The highest BCUT2D eigenvalue weighted by Gasteiger charge is 2.16. The summed E-state index contributed by atoms with van der Waals surface area (Å²) in [5.74, 6) is 0.589. The largest absolute Gasteiger partial charge is 0.491 e. The molecule has 0 bridgehead atoms. The first-order chi connectivity index (χ1) is 15.0. The van der Waals surface area contributed by atoms with E-state index in [0.29, 0.717) is 40.0 Å². The normalized spacial score (nSPS) is 10.8. The van der Waals surface area contributed by atoms with Crippen LogP contribution < -0.4 is 21.3 Å². The van der Waals surface area contributed by atoms with E-state index < -0.39 is 13.0 Å². The molecule has 2 aromatic carbocycles. The summed E-state index contributed by atoms with van der Waals surface area (Å²) in [6.45, 7) is 0.360. The average Bonchev–Trinajstić information content (AvgIpc) is 3.21. The Labute approximate surface area is 177 Å². The summed E-state index contributed by atoms with van der Waals surface area (Å²) in [4.78, 5) is 20.5. The lowest BCUT2D eigenvalue weighted by Crippen LogP contribution is -2.30. The number of nitrogens with one attached hydrogen (secondary N) is 1. The summed E-state index contributed by atoms with van der Waals surface area (Å²) >= 11 is 0. The van der Waals surface area contributed by atoms with Crippen LogP contribution in [-0.2, 0) is 6.54 Å². The van der Waals surface area contributed by atoms with Crippen LogP contribution >= 0.6 is 0 Å². The zero-order valence-corrected chi connectivity index (χ0v) is 16.6. The number of methoxy groups -OCH3 is 1. The van der Waals surface area contributed by atoms with Gasteiger partial charge in [0.25, 0.3) is 5.95 Å². The standard InChI is InChI=1S/C20H19BN6O4/c1-31-17-11-24-20(27-16-7-3-6-14(18(22)28)15(16)10-25-27)26-19(17)23-9-12-4-2-5-13(8-12)21(29)30/h2-8,10-11,29-30H,9H2,1H3,(H2,22,28)(H,23,24,26).